The molecule has 18 heavy (non-hydrogen) atoms. The number of carboxylic acid groups (broad SMARTS) is 1. The predicted molar refractivity (Wildman–Crippen MR) is 66.8 cm³/mol. The highest BCUT2D eigenvalue weighted by atomic mass is 32.1. The Labute approximate surface area is 108 Å². The Bertz CT molecular complexity index is 553. The van der Waals surface area contributed by atoms with Crippen molar-refractivity contribution in [3.8, 4) is 17.4 Å². The van der Waals surface area contributed by atoms with Crippen LogP contribution in [0.4, 0.5) is 0 Å². The molecule has 0 saturated heterocycles. The van der Waals surface area contributed by atoms with E-state index in [4.69, 9.17) is 14.6 Å². The van der Waals surface area contributed by atoms with Crippen molar-refractivity contribution in [1.29, 1.82) is 0 Å². The van der Waals surface area contributed by atoms with Crippen molar-refractivity contribution >= 4 is 17.3 Å². The van der Waals surface area contributed by atoms with Gasteiger partial charge in [-0.25, -0.2) is 9.78 Å². The molecule has 0 spiro atoms. The van der Waals surface area contributed by atoms with E-state index in [0.29, 0.717) is 24.0 Å². The first-order chi connectivity index (χ1) is 8.70. The lowest BCUT2D eigenvalue weighted by molar-refractivity contribution is 0.0702. The third-order valence-electron chi connectivity index (χ3n) is 2.04. The van der Waals surface area contributed by atoms with Crippen molar-refractivity contribution in [2.45, 2.75) is 6.92 Å². The molecule has 0 saturated carbocycles. The second-order valence-electron chi connectivity index (χ2n) is 3.29. The highest BCUT2D eigenvalue weighted by Gasteiger charge is 2.11. The van der Waals surface area contributed by atoms with E-state index >= 15 is 0 Å². The molecule has 2 heterocycles. The van der Waals surface area contributed by atoms with Gasteiger partial charge in [0.25, 0.3) is 5.88 Å². The molecule has 2 aromatic rings. The molecule has 5 nitrogen and oxygen atoms in total. The fourth-order valence-electron chi connectivity index (χ4n) is 1.31. The zero-order valence-corrected chi connectivity index (χ0v) is 10.4. The molecular formula is C12H11NO4S. The van der Waals surface area contributed by atoms with Crippen molar-refractivity contribution in [3.05, 3.63) is 34.7 Å². The van der Waals surface area contributed by atoms with E-state index in [2.05, 4.69) is 4.98 Å². The average molecular weight is 265 g/mol. The van der Waals surface area contributed by atoms with E-state index in [0.717, 1.165) is 11.3 Å². The second kappa shape index (κ2) is 5.50. The first kappa shape index (κ1) is 12.4. The first-order valence-corrected chi connectivity index (χ1v) is 6.16. The number of nitrogens with zero attached hydrogens (tertiary/aromatic N) is 1. The van der Waals surface area contributed by atoms with Gasteiger partial charge in [-0.05, 0) is 19.1 Å². The molecule has 0 aliphatic heterocycles. The summed E-state index contributed by atoms with van der Waals surface area (Å²) in [4.78, 5) is 15.0. The SMILES string of the molecule is CCOc1cccnc1Oc1csc(C(=O)O)c1. The minimum Gasteiger partial charge on any atom is -0.488 e. The maximum atomic E-state index is 10.8. The molecule has 0 bridgehead atoms. The Hall–Kier alpha value is -2.08. The number of carbonyl (C=O) groups is 1. The maximum absolute atomic E-state index is 10.8. The molecule has 0 unspecified atom stereocenters. The molecule has 1 N–H and O–H groups in total. The normalized spacial score (nSPS) is 10.1. The van der Waals surface area contributed by atoms with Crippen LogP contribution in [0.2, 0.25) is 0 Å². The molecular weight excluding hydrogens is 254 g/mol. The van der Waals surface area contributed by atoms with Crippen molar-refractivity contribution < 1.29 is 19.4 Å². The second-order valence-corrected chi connectivity index (χ2v) is 4.20. The quantitative estimate of drug-likeness (QED) is 0.899. The zero-order valence-electron chi connectivity index (χ0n) is 9.62. The van der Waals surface area contributed by atoms with Gasteiger partial charge in [-0.15, -0.1) is 11.3 Å². The summed E-state index contributed by atoms with van der Waals surface area (Å²) in [6.07, 6.45) is 1.59. The molecule has 2 rings (SSSR count). The summed E-state index contributed by atoms with van der Waals surface area (Å²) in [6.45, 7) is 2.37. The average Bonchev–Trinajstić information content (AvgIpc) is 2.81. The lowest BCUT2D eigenvalue weighted by Crippen LogP contribution is -1.96. The van der Waals surface area contributed by atoms with Gasteiger partial charge in [-0.2, -0.15) is 0 Å². The van der Waals surface area contributed by atoms with E-state index < -0.39 is 5.97 Å². The van der Waals surface area contributed by atoms with Crippen LogP contribution < -0.4 is 9.47 Å². The molecule has 94 valence electrons. The van der Waals surface area contributed by atoms with Gasteiger partial charge in [0.05, 0.1) is 6.61 Å². The highest BCUT2D eigenvalue weighted by molar-refractivity contribution is 7.12. The number of hydrogen-bond acceptors (Lipinski definition) is 5. The first-order valence-electron chi connectivity index (χ1n) is 5.28. The third-order valence-corrected chi connectivity index (χ3v) is 2.93. The third kappa shape index (κ3) is 2.78. The molecule has 0 aliphatic carbocycles. The summed E-state index contributed by atoms with van der Waals surface area (Å²) in [7, 11) is 0. The topological polar surface area (TPSA) is 68.7 Å². The lowest BCUT2D eigenvalue weighted by atomic mass is 10.4. The van der Waals surface area contributed by atoms with Gasteiger partial charge in [0.15, 0.2) is 5.75 Å². The molecule has 0 aliphatic rings. The monoisotopic (exact) mass is 265 g/mol. The van der Waals surface area contributed by atoms with Crippen molar-refractivity contribution in [3.63, 3.8) is 0 Å². The molecule has 0 radical (unpaired) electrons. The van der Waals surface area contributed by atoms with Gasteiger partial charge in [0, 0.05) is 17.6 Å². The number of ether oxygens (including phenoxy) is 2. The molecule has 0 fully saturated rings. The number of pyridine rings is 1. The molecule has 0 amide bonds. The Morgan fingerprint density at radius 2 is 2.39 bits per heavy atom. The van der Waals surface area contributed by atoms with E-state index in [1.165, 1.54) is 6.07 Å². The lowest BCUT2D eigenvalue weighted by Gasteiger charge is -2.08. The zero-order chi connectivity index (χ0) is 13.0. The number of thiophene rings is 1. The number of aromatic nitrogens is 1. The summed E-state index contributed by atoms with van der Waals surface area (Å²) in [5, 5.41) is 10.4. The van der Waals surface area contributed by atoms with Crippen molar-refractivity contribution in [2.24, 2.45) is 0 Å². The van der Waals surface area contributed by atoms with E-state index in [9.17, 15) is 4.79 Å². The van der Waals surface area contributed by atoms with E-state index in [-0.39, 0.29) is 4.88 Å². The van der Waals surface area contributed by atoms with Crippen molar-refractivity contribution in [1.82, 2.24) is 4.98 Å². The summed E-state index contributed by atoms with van der Waals surface area (Å²) in [5.74, 6) is 0.329. The van der Waals surface area contributed by atoms with Gasteiger partial charge in [0.1, 0.15) is 10.6 Å². The Balaban J connectivity index is 2.19. The fourth-order valence-corrected chi connectivity index (χ4v) is 1.96. The van der Waals surface area contributed by atoms with Crippen LogP contribution in [-0.4, -0.2) is 22.7 Å². The fraction of sp³-hybridized carbons (Fsp3) is 0.167. The maximum Gasteiger partial charge on any atom is 0.346 e. The summed E-state index contributed by atoms with van der Waals surface area (Å²) < 4.78 is 10.9. The standard InChI is InChI=1S/C12H11NO4S/c1-2-16-9-4-3-5-13-11(9)17-8-6-10(12(14)15)18-7-8/h3-7H,2H2,1H3,(H,14,15). The van der Waals surface area contributed by atoms with Crippen LogP contribution in [0.5, 0.6) is 17.4 Å². The van der Waals surface area contributed by atoms with Crippen molar-refractivity contribution in [2.75, 3.05) is 6.61 Å². The van der Waals surface area contributed by atoms with Crippen LogP contribution >= 0.6 is 11.3 Å². The molecule has 0 aromatic carbocycles. The Kier molecular flexibility index (Phi) is 3.78. The minimum atomic E-state index is -0.971. The van der Waals surface area contributed by atoms with Gasteiger partial charge in [0.2, 0.25) is 0 Å². The summed E-state index contributed by atoms with van der Waals surface area (Å²) >= 11 is 1.10. The molecule has 0 atom stereocenters. The van der Waals surface area contributed by atoms with Crippen LogP contribution in [0.15, 0.2) is 29.8 Å². The summed E-state index contributed by atoms with van der Waals surface area (Å²) in [6, 6.07) is 4.95. The van der Waals surface area contributed by atoms with Crippen LogP contribution in [-0.2, 0) is 0 Å². The molecule has 6 heteroatoms. The van der Waals surface area contributed by atoms with Gasteiger partial charge < -0.3 is 14.6 Å². The van der Waals surface area contributed by atoms with Crippen LogP contribution in [0.25, 0.3) is 0 Å². The Morgan fingerprint density at radius 1 is 1.56 bits per heavy atom. The Morgan fingerprint density at radius 3 is 3.06 bits per heavy atom. The number of rotatable bonds is 5. The van der Waals surface area contributed by atoms with E-state index in [1.807, 2.05) is 6.92 Å². The van der Waals surface area contributed by atoms with Crippen LogP contribution in [0.1, 0.15) is 16.6 Å². The number of hydrogen-bond donors (Lipinski definition) is 1. The number of aromatic carboxylic acids is 1. The van der Waals surface area contributed by atoms with Gasteiger partial charge >= 0.3 is 5.97 Å². The predicted octanol–water partition coefficient (Wildman–Crippen LogP) is 3.03. The minimum absolute atomic E-state index is 0.221. The van der Waals surface area contributed by atoms with Crippen LogP contribution in [0.3, 0.4) is 0 Å². The van der Waals surface area contributed by atoms with E-state index in [1.54, 1.807) is 23.7 Å². The van der Waals surface area contributed by atoms with Gasteiger partial charge in [-0.3, -0.25) is 0 Å². The summed E-state index contributed by atoms with van der Waals surface area (Å²) in [5.41, 5.74) is 0. The highest BCUT2D eigenvalue weighted by Crippen LogP contribution is 2.31. The molecule has 2 aromatic heterocycles. The van der Waals surface area contributed by atoms with Gasteiger partial charge in [-0.1, -0.05) is 0 Å². The largest absolute Gasteiger partial charge is 0.488 e. The van der Waals surface area contributed by atoms with Crippen LogP contribution in [0, 0.1) is 0 Å². The number of carboxylic acids is 1. The smallest absolute Gasteiger partial charge is 0.346 e.